The predicted octanol–water partition coefficient (Wildman–Crippen LogP) is 5.87. The number of carbonyl (C=O) groups excluding carboxylic acids is 2. The highest BCUT2D eigenvalue weighted by molar-refractivity contribution is 5.95. The molecule has 0 unspecified atom stereocenters. The maximum atomic E-state index is 11.6. The van der Waals surface area contributed by atoms with E-state index in [0.29, 0.717) is 11.1 Å². The van der Waals surface area contributed by atoms with Crippen LogP contribution in [-0.2, 0) is 0 Å². The fraction of sp³-hybridized carbons (Fsp3) is 0.130. The van der Waals surface area contributed by atoms with E-state index in [1.54, 1.807) is 13.8 Å². The summed E-state index contributed by atoms with van der Waals surface area (Å²) in [5.41, 5.74) is 5.48. The maximum Gasteiger partial charge on any atom is 0.159 e. The van der Waals surface area contributed by atoms with Gasteiger partial charge >= 0.3 is 0 Å². The van der Waals surface area contributed by atoms with Crippen molar-refractivity contribution in [3.8, 4) is 0 Å². The normalized spacial score (nSPS) is 10.4. The zero-order chi connectivity index (χ0) is 18.7. The van der Waals surface area contributed by atoms with Crippen molar-refractivity contribution in [2.75, 3.05) is 4.90 Å². The van der Waals surface area contributed by atoms with Crippen molar-refractivity contribution in [2.45, 2.75) is 20.8 Å². The number of hydrogen-bond acceptors (Lipinski definition) is 3. The van der Waals surface area contributed by atoms with Crippen LogP contribution in [0.3, 0.4) is 0 Å². The fourth-order valence-corrected chi connectivity index (χ4v) is 2.83. The third-order valence-electron chi connectivity index (χ3n) is 4.36. The first-order chi connectivity index (χ1) is 12.5. The molecule has 0 radical (unpaired) electrons. The van der Waals surface area contributed by atoms with Gasteiger partial charge in [0.15, 0.2) is 11.6 Å². The molecule has 3 nitrogen and oxygen atoms in total. The summed E-state index contributed by atoms with van der Waals surface area (Å²) in [6, 6.07) is 23.4. The van der Waals surface area contributed by atoms with Gasteiger partial charge in [-0.05, 0) is 81.4 Å². The minimum atomic E-state index is 0.0456. The summed E-state index contributed by atoms with van der Waals surface area (Å²) in [5, 5.41) is 0. The summed E-state index contributed by atoms with van der Waals surface area (Å²) in [6.07, 6.45) is 0. The van der Waals surface area contributed by atoms with Gasteiger partial charge < -0.3 is 4.90 Å². The number of hydrogen-bond donors (Lipinski definition) is 0. The lowest BCUT2D eigenvalue weighted by atomic mass is 10.1. The zero-order valence-corrected chi connectivity index (χ0v) is 15.2. The molecule has 0 heterocycles. The van der Waals surface area contributed by atoms with E-state index < -0.39 is 0 Å². The molecule has 0 spiro atoms. The number of anilines is 3. The second kappa shape index (κ2) is 7.36. The SMILES string of the molecule is CC(=O)c1ccc(N(c2ccc(C)cc2)c2ccc(C(C)=O)cc2)cc1. The smallest absolute Gasteiger partial charge is 0.159 e. The van der Waals surface area contributed by atoms with E-state index in [2.05, 4.69) is 36.1 Å². The summed E-state index contributed by atoms with van der Waals surface area (Å²) in [4.78, 5) is 25.2. The highest BCUT2D eigenvalue weighted by Crippen LogP contribution is 2.34. The number of benzene rings is 3. The van der Waals surface area contributed by atoms with Crippen LogP contribution in [0, 0.1) is 6.92 Å². The monoisotopic (exact) mass is 343 g/mol. The molecule has 3 rings (SSSR count). The van der Waals surface area contributed by atoms with Gasteiger partial charge in [0.05, 0.1) is 0 Å². The van der Waals surface area contributed by atoms with Crippen LogP contribution in [0.15, 0.2) is 72.8 Å². The lowest BCUT2D eigenvalue weighted by Crippen LogP contribution is -2.10. The quantitative estimate of drug-likeness (QED) is 0.544. The van der Waals surface area contributed by atoms with Crippen molar-refractivity contribution >= 4 is 28.6 Å². The Morgan fingerprint density at radius 3 is 1.19 bits per heavy atom. The van der Waals surface area contributed by atoms with Crippen LogP contribution in [0.4, 0.5) is 17.1 Å². The Labute approximate surface area is 153 Å². The number of ketones is 2. The van der Waals surface area contributed by atoms with Crippen LogP contribution in [0.25, 0.3) is 0 Å². The molecule has 0 amide bonds. The highest BCUT2D eigenvalue weighted by Gasteiger charge is 2.13. The summed E-state index contributed by atoms with van der Waals surface area (Å²) in [7, 11) is 0. The first-order valence-corrected chi connectivity index (χ1v) is 8.54. The Bertz CT molecular complexity index is 866. The minimum absolute atomic E-state index is 0.0456. The van der Waals surface area contributed by atoms with Crippen LogP contribution in [0.5, 0.6) is 0 Å². The first kappa shape index (κ1) is 17.6. The molecule has 0 bridgehead atoms. The van der Waals surface area contributed by atoms with Gasteiger partial charge in [-0.3, -0.25) is 9.59 Å². The van der Waals surface area contributed by atoms with Crippen LogP contribution < -0.4 is 4.90 Å². The second-order valence-electron chi connectivity index (χ2n) is 6.38. The Hall–Kier alpha value is -3.20. The van der Waals surface area contributed by atoms with Gasteiger partial charge in [0.25, 0.3) is 0 Å². The molecule has 3 heteroatoms. The van der Waals surface area contributed by atoms with E-state index in [4.69, 9.17) is 0 Å². The molecule has 0 aromatic heterocycles. The fourth-order valence-electron chi connectivity index (χ4n) is 2.83. The van der Waals surface area contributed by atoms with Crippen molar-refractivity contribution in [1.29, 1.82) is 0 Å². The Morgan fingerprint density at radius 2 is 0.885 bits per heavy atom. The van der Waals surface area contributed by atoms with Gasteiger partial charge in [-0.15, -0.1) is 0 Å². The summed E-state index contributed by atoms with van der Waals surface area (Å²) >= 11 is 0. The van der Waals surface area contributed by atoms with Gasteiger partial charge in [-0.25, -0.2) is 0 Å². The molecule has 0 aliphatic carbocycles. The Balaban J connectivity index is 2.08. The van der Waals surface area contributed by atoms with Crippen molar-refractivity contribution in [3.63, 3.8) is 0 Å². The minimum Gasteiger partial charge on any atom is -0.311 e. The molecule has 26 heavy (non-hydrogen) atoms. The first-order valence-electron chi connectivity index (χ1n) is 8.54. The van der Waals surface area contributed by atoms with E-state index in [1.807, 2.05) is 48.5 Å². The number of Topliss-reactive ketones (excluding diaryl/α,β-unsaturated/α-hetero) is 2. The molecular formula is C23H21NO2. The molecule has 0 atom stereocenters. The predicted molar refractivity (Wildman–Crippen MR) is 106 cm³/mol. The standard InChI is InChI=1S/C23H21NO2/c1-16-4-10-21(11-5-16)24(22-12-6-19(7-13-22)17(2)25)23-14-8-20(9-15-23)18(3)26/h4-15H,1-3H3. The third-order valence-corrected chi connectivity index (χ3v) is 4.36. The molecule has 0 aliphatic rings. The molecule has 0 aliphatic heterocycles. The maximum absolute atomic E-state index is 11.6. The molecular weight excluding hydrogens is 322 g/mol. The number of aryl methyl sites for hydroxylation is 1. The number of rotatable bonds is 5. The molecule has 0 saturated carbocycles. The van der Waals surface area contributed by atoms with Crippen LogP contribution >= 0.6 is 0 Å². The van der Waals surface area contributed by atoms with E-state index in [1.165, 1.54) is 5.56 Å². The lowest BCUT2D eigenvalue weighted by Gasteiger charge is -2.26. The van der Waals surface area contributed by atoms with Gasteiger partial charge in [0.2, 0.25) is 0 Å². The van der Waals surface area contributed by atoms with Crippen LogP contribution in [0.2, 0.25) is 0 Å². The zero-order valence-electron chi connectivity index (χ0n) is 15.2. The summed E-state index contributed by atoms with van der Waals surface area (Å²) in [5.74, 6) is 0.0912. The van der Waals surface area contributed by atoms with E-state index >= 15 is 0 Å². The Kier molecular flexibility index (Phi) is 4.99. The second-order valence-corrected chi connectivity index (χ2v) is 6.38. The van der Waals surface area contributed by atoms with Crippen molar-refractivity contribution in [2.24, 2.45) is 0 Å². The summed E-state index contributed by atoms with van der Waals surface area (Å²) in [6.45, 7) is 5.18. The van der Waals surface area contributed by atoms with Crippen molar-refractivity contribution in [3.05, 3.63) is 89.5 Å². The third kappa shape index (κ3) is 3.72. The lowest BCUT2D eigenvalue weighted by molar-refractivity contribution is 0.100. The molecule has 0 fully saturated rings. The van der Waals surface area contributed by atoms with Crippen molar-refractivity contribution < 1.29 is 9.59 Å². The van der Waals surface area contributed by atoms with Gasteiger partial charge in [0, 0.05) is 28.2 Å². The molecule has 3 aromatic carbocycles. The van der Waals surface area contributed by atoms with Gasteiger partial charge in [0.1, 0.15) is 0 Å². The highest BCUT2D eigenvalue weighted by atomic mass is 16.1. The van der Waals surface area contributed by atoms with Gasteiger partial charge in [-0.2, -0.15) is 0 Å². The van der Waals surface area contributed by atoms with E-state index in [0.717, 1.165) is 17.1 Å². The number of carbonyl (C=O) groups is 2. The molecule has 3 aromatic rings. The number of nitrogens with zero attached hydrogens (tertiary/aromatic N) is 1. The van der Waals surface area contributed by atoms with Gasteiger partial charge in [-0.1, -0.05) is 17.7 Å². The molecule has 130 valence electrons. The Morgan fingerprint density at radius 1 is 0.577 bits per heavy atom. The average Bonchev–Trinajstić information content (AvgIpc) is 2.64. The summed E-state index contributed by atoms with van der Waals surface area (Å²) < 4.78 is 0. The average molecular weight is 343 g/mol. The molecule has 0 saturated heterocycles. The van der Waals surface area contributed by atoms with Crippen molar-refractivity contribution in [1.82, 2.24) is 0 Å². The van der Waals surface area contributed by atoms with E-state index in [-0.39, 0.29) is 11.6 Å². The molecule has 0 N–H and O–H groups in total. The largest absolute Gasteiger partial charge is 0.311 e. The van der Waals surface area contributed by atoms with Crippen LogP contribution in [-0.4, -0.2) is 11.6 Å². The van der Waals surface area contributed by atoms with Crippen LogP contribution in [0.1, 0.15) is 40.1 Å². The van der Waals surface area contributed by atoms with E-state index in [9.17, 15) is 9.59 Å². The topological polar surface area (TPSA) is 37.4 Å².